The maximum absolute atomic E-state index is 11.8. The van der Waals surface area contributed by atoms with Gasteiger partial charge in [-0.15, -0.1) is 0 Å². The zero-order valence-corrected chi connectivity index (χ0v) is 12.6. The lowest BCUT2D eigenvalue weighted by Crippen LogP contribution is -2.43. The molecule has 1 heterocycles. The molecule has 1 aromatic carbocycles. The van der Waals surface area contributed by atoms with Crippen molar-refractivity contribution in [2.24, 2.45) is 0 Å². The van der Waals surface area contributed by atoms with Crippen molar-refractivity contribution in [3.63, 3.8) is 0 Å². The second-order valence-corrected chi connectivity index (χ2v) is 7.68. The van der Waals surface area contributed by atoms with Gasteiger partial charge in [-0.05, 0) is 38.8 Å². The maximum atomic E-state index is 11.8. The van der Waals surface area contributed by atoms with Crippen LogP contribution in [0.4, 0.5) is 5.69 Å². The topological polar surface area (TPSA) is 49.4 Å². The number of hydrogen-bond acceptors (Lipinski definition) is 3. The molecule has 4 nitrogen and oxygen atoms in total. The fourth-order valence-corrected chi connectivity index (χ4v) is 3.14. The average Bonchev–Trinajstić information content (AvgIpc) is 2.79. The summed E-state index contributed by atoms with van der Waals surface area (Å²) in [5, 5.41) is -0.384. The molecule has 1 unspecified atom stereocenters. The van der Waals surface area contributed by atoms with Crippen molar-refractivity contribution in [1.82, 2.24) is 4.72 Å². The summed E-state index contributed by atoms with van der Waals surface area (Å²) in [6.07, 6.45) is 1.04. The van der Waals surface area contributed by atoms with Crippen molar-refractivity contribution in [3.05, 3.63) is 29.8 Å². The molecule has 1 aliphatic rings. The minimum atomic E-state index is -3.18. The van der Waals surface area contributed by atoms with Gasteiger partial charge in [0.1, 0.15) is 0 Å². The molecule has 0 amide bonds. The number of benzene rings is 1. The number of rotatable bonds is 5. The summed E-state index contributed by atoms with van der Waals surface area (Å²) in [5.74, 6) is 0. The number of fused-ring (bicyclic) bond motifs is 1. The Labute approximate surface area is 115 Å². The minimum absolute atomic E-state index is 0.164. The SMILES string of the molecule is CC(CNS(=O)(=O)C(C)C)N1CCc2ccccc21. The van der Waals surface area contributed by atoms with E-state index >= 15 is 0 Å². The van der Waals surface area contributed by atoms with E-state index in [4.69, 9.17) is 0 Å². The van der Waals surface area contributed by atoms with Crippen molar-refractivity contribution in [2.45, 2.75) is 38.5 Å². The van der Waals surface area contributed by atoms with E-state index in [-0.39, 0.29) is 11.3 Å². The molecule has 0 fully saturated rings. The summed E-state index contributed by atoms with van der Waals surface area (Å²) in [7, 11) is -3.18. The summed E-state index contributed by atoms with van der Waals surface area (Å²) < 4.78 is 26.2. The van der Waals surface area contributed by atoms with Gasteiger partial charge in [-0.3, -0.25) is 0 Å². The second kappa shape index (κ2) is 5.51. The Hall–Kier alpha value is -1.07. The van der Waals surface area contributed by atoms with Gasteiger partial charge in [0.15, 0.2) is 0 Å². The Bertz CT molecular complexity index is 540. The molecule has 0 saturated carbocycles. The van der Waals surface area contributed by atoms with Crippen LogP contribution in [-0.4, -0.2) is 32.8 Å². The molecule has 0 radical (unpaired) electrons. The fourth-order valence-electron chi connectivity index (χ4n) is 2.34. The van der Waals surface area contributed by atoms with E-state index in [0.29, 0.717) is 6.54 Å². The smallest absolute Gasteiger partial charge is 0.214 e. The van der Waals surface area contributed by atoms with E-state index in [9.17, 15) is 8.42 Å². The quantitative estimate of drug-likeness (QED) is 0.895. The molecule has 106 valence electrons. The Balaban J connectivity index is 2.01. The van der Waals surface area contributed by atoms with Crippen molar-refractivity contribution >= 4 is 15.7 Å². The van der Waals surface area contributed by atoms with E-state index in [1.807, 2.05) is 6.07 Å². The van der Waals surface area contributed by atoms with Gasteiger partial charge >= 0.3 is 0 Å². The van der Waals surface area contributed by atoms with Gasteiger partial charge in [-0.2, -0.15) is 0 Å². The highest BCUT2D eigenvalue weighted by atomic mass is 32.2. The normalized spacial score (nSPS) is 16.7. The summed E-state index contributed by atoms with van der Waals surface area (Å²) >= 11 is 0. The highest BCUT2D eigenvalue weighted by Gasteiger charge is 2.24. The number of para-hydroxylation sites is 1. The van der Waals surface area contributed by atoms with Crippen molar-refractivity contribution < 1.29 is 8.42 Å². The molecule has 5 heteroatoms. The van der Waals surface area contributed by atoms with E-state index in [0.717, 1.165) is 13.0 Å². The van der Waals surface area contributed by atoms with Gasteiger partial charge in [0.2, 0.25) is 10.0 Å². The molecule has 0 bridgehead atoms. The van der Waals surface area contributed by atoms with Crippen LogP contribution in [-0.2, 0) is 16.4 Å². The van der Waals surface area contributed by atoms with Crippen LogP contribution in [0, 0.1) is 0 Å². The Kier molecular flexibility index (Phi) is 4.16. The standard InChI is InChI=1S/C14H22N2O2S/c1-11(2)19(17,18)15-10-12(3)16-9-8-13-6-4-5-7-14(13)16/h4-7,11-12,15H,8-10H2,1-3H3. The van der Waals surface area contributed by atoms with Crippen LogP contribution in [0.15, 0.2) is 24.3 Å². The lowest BCUT2D eigenvalue weighted by atomic mass is 10.2. The number of nitrogens with one attached hydrogen (secondary N) is 1. The van der Waals surface area contributed by atoms with Gasteiger partial charge in [-0.25, -0.2) is 13.1 Å². The van der Waals surface area contributed by atoms with Crippen LogP contribution < -0.4 is 9.62 Å². The van der Waals surface area contributed by atoms with Crippen LogP contribution in [0.3, 0.4) is 0 Å². The molecule has 0 aliphatic carbocycles. The predicted octanol–water partition coefficient (Wildman–Crippen LogP) is 1.77. The van der Waals surface area contributed by atoms with E-state index < -0.39 is 10.0 Å². The van der Waals surface area contributed by atoms with Gasteiger partial charge < -0.3 is 4.90 Å². The van der Waals surface area contributed by atoms with Crippen molar-refractivity contribution in [3.8, 4) is 0 Å². The molecular formula is C14H22N2O2S. The van der Waals surface area contributed by atoms with Crippen LogP contribution in [0.5, 0.6) is 0 Å². The van der Waals surface area contributed by atoms with Crippen molar-refractivity contribution in [2.75, 3.05) is 18.0 Å². The number of sulfonamides is 1. The molecule has 19 heavy (non-hydrogen) atoms. The van der Waals surface area contributed by atoms with E-state index in [1.54, 1.807) is 13.8 Å². The van der Waals surface area contributed by atoms with Gasteiger partial charge in [0.05, 0.1) is 5.25 Å². The highest BCUT2D eigenvalue weighted by molar-refractivity contribution is 7.90. The molecule has 1 N–H and O–H groups in total. The predicted molar refractivity (Wildman–Crippen MR) is 79.0 cm³/mol. The lowest BCUT2D eigenvalue weighted by molar-refractivity contribution is 0.558. The first-order valence-electron chi connectivity index (χ1n) is 6.75. The van der Waals surface area contributed by atoms with Crippen LogP contribution in [0.1, 0.15) is 26.3 Å². The fraction of sp³-hybridized carbons (Fsp3) is 0.571. The van der Waals surface area contributed by atoms with Gasteiger partial charge in [-0.1, -0.05) is 18.2 Å². The molecule has 0 saturated heterocycles. The Morgan fingerprint density at radius 3 is 2.63 bits per heavy atom. The number of hydrogen-bond donors (Lipinski definition) is 1. The van der Waals surface area contributed by atoms with Crippen LogP contribution >= 0.6 is 0 Å². The number of nitrogens with zero attached hydrogens (tertiary/aromatic N) is 1. The third kappa shape index (κ3) is 3.09. The molecular weight excluding hydrogens is 260 g/mol. The maximum Gasteiger partial charge on any atom is 0.214 e. The van der Waals surface area contributed by atoms with E-state index in [1.165, 1.54) is 11.3 Å². The first-order chi connectivity index (χ1) is 8.92. The van der Waals surface area contributed by atoms with Gasteiger partial charge in [0, 0.05) is 24.8 Å². The first-order valence-corrected chi connectivity index (χ1v) is 8.29. The van der Waals surface area contributed by atoms with Crippen LogP contribution in [0.2, 0.25) is 0 Å². The molecule has 1 aromatic rings. The number of anilines is 1. The van der Waals surface area contributed by atoms with E-state index in [2.05, 4.69) is 34.7 Å². The average molecular weight is 282 g/mol. The largest absolute Gasteiger partial charge is 0.367 e. The summed E-state index contributed by atoms with van der Waals surface area (Å²) in [6.45, 7) is 6.86. The minimum Gasteiger partial charge on any atom is -0.367 e. The first kappa shape index (κ1) is 14.3. The van der Waals surface area contributed by atoms with Crippen molar-refractivity contribution in [1.29, 1.82) is 0 Å². The molecule has 2 rings (SSSR count). The zero-order chi connectivity index (χ0) is 14.0. The second-order valence-electron chi connectivity index (χ2n) is 5.36. The highest BCUT2D eigenvalue weighted by Crippen LogP contribution is 2.28. The summed E-state index contributed by atoms with van der Waals surface area (Å²) in [4.78, 5) is 2.28. The third-order valence-electron chi connectivity index (χ3n) is 3.66. The Morgan fingerprint density at radius 1 is 1.26 bits per heavy atom. The van der Waals surface area contributed by atoms with Crippen LogP contribution in [0.25, 0.3) is 0 Å². The molecule has 1 aliphatic heterocycles. The zero-order valence-electron chi connectivity index (χ0n) is 11.8. The van der Waals surface area contributed by atoms with Gasteiger partial charge in [0.25, 0.3) is 0 Å². The monoisotopic (exact) mass is 282 g/mol. The summed E-state index contributed by atoms with van der Waals surface area (Å²) in [5.41, 5.74) is 2.58. The third-order valence-corrected chi connectivity index (χ3v) is 5.47. The molecule has 0 aromatic heterocycles. The summed E-state index contributed by atoms with van der Waals surface area (Å²) in [6, 6.07) is 8.49. The molecule has 1 atom stereocenters. The lowest BCUT2D eigenvalue weighted by Gasteiger charge is -2.27. The molecule has 0 spiro atoms. The Morgan fingerprint density at radius 2 is 1.95 bits per heavy atom.